The SMILES string of the molecule is CC(C)C[C@H](NC(=O)[C@H](CO)NC(=O)[C@@H](N)CC(C)C)C(=O)N1CCC[C@H]1C(=O)O. The molecule has 6 N–H and O–H groups in total. The summed E-state index contributed by atoms with van der Waals surface area (Å²) in [6.45, 7) is 7.23. The van der Waals surface area contributed by atoms with Crippen molar-refractivity contribution in [3.05, 3.63) is 0 Å². The van der Waals surface area contributed by atoms with Crippen LogP contribution in [-0.2, 0) is 19.2 Å². The number of amides is 3. The summed E-state index contributed by atoms with van der Waals surface area (Å²) < 4.78 is 0. The summed E-state index contributed by atoms with van der Waals surface area (Å²) in [6.07, 6.45) is 1.67. The molecule has 1 aliphatic heterocycles. The van der Waals surface area contributed by atoms with Crippen molar-refractivity contribution >= 4 is 23.7 Å². The number of hydrogen-bond donors (Lipinski definition) is 5. The van der Waals surface area contributed by atoms with E-state index in [9.17, 15) is 29.4 Å². The number of nitrogens with zero attached hydrogens (tertiary/aromatic N) is 1. The fourth-order valence-electron chi connectivity index (χ4n) is 3.54. The molecule has 4 atom stereocenters. The van der Waals surface area contributed by atoms with Gasteiger partial charge >= 0.3 is 5.97 Å². The van der Waals surface area contributed by atoms with Crippen LogP contribution in [0.25, 0.3) is 0 Å². The van der Waals surface area contributed by atoms with E-state index >= 15 is 0 Å². The van der Waals surface area contributed by atoms with Gasteiger partial charge in [-0.3, -0.25) is 14.4 Å². The summed E-state index contributed by atoms with van der Waals surface area (Å²) in [5.41, 5.74) is 5.82. The fourth-order valence-corrected chi connectivity index (χ4v) is 3.54. The molecule has 0 radical (unpaired) electrons. The van der Waals surface area contributed by atoms with Crippen molar-refractivity contribution < 1.29 is 29.4 Å². The Bertz CT molecular complexity index is 624. The van der Waals surface area contributed by atoms with E-state index < -0.39 is 54.5 Å². The van der Waals surface area contributed by atoms with Gasteiger partial charge in [0.05, 0.1) is 12.6 Å². The van der Waals surface area contributed by atoms with E-state index in [0.717, 1.165) is 0 Å². The maximum absolute atomic E-state index is 13.0. The summed E-state index contributed by atoms with van der Waals surface area (Å²) >= 11 is 0. The van der Waals surface area contributed by atoms with E-state index in [-0.39, 0.29) is 11.8 Å². The Morgan fingerprint density at radius 2 is 1.57 bits per heavy atom. The molecule has 0 saturated carbocycles. The third-order valence-corrected chi connectivity index (χ3v) is 5.02. The molecule has 1 aliphatic rings. The molecule has 0 unspecified atom stereocenters. The Kier molecular flexibility index (Phi) is 10.2. The van der Waals surface area contributed by atoms with Crippen molar-refractivity contribution in [3.63, 3.8) is 0 Å². The van der Waals surface area contributed by atoms with Crippen molar-refractivity contribution in [2.75, 3.05) is 13.2 Å². The quantitative estimate of drug-likeness (QED) is 0.295. The summed E-state index contributed by atoms with van der Waals surface area (Å²) in [6, 6.07) is -3.94. The maximum atomic E-state index is 13.0. The molecule has 0 aromatic rings. The molecular weight excluding hydrogens is 392 g/mol. The average molecular weight is 429 g/mol. The first-order valence-electron chi connectivity index (χ1n) is 10.5. The highest BCUT2D eigenvalue weighted by molar-refractivity contribution is 5.94. The standard InChI is InChI=1S/C20H36N4O6/c1-11(2)8-13(21)17(26)23-15(10-25)18(27)22-14(9-12(3)4)19(28)24-7-5-6-16(24)20(29)30/h11-16,25H,5-10,21H2,1-4H3,(H,22,27)(H,23,26)(H,29,30)/t13-,14-,15-,16-/m0/s1. The molecule has 0 spiro atoms. The zero-order valence-electron chi connectivity index (χ0n) is 18.3. The molecule has 1 saturated heterocycles. The lowest BCUT2D eigenvalue weighted by molar-refractivity contribution is -0.149. The molecule has 172 valence electrons. The van der Waals surface area contributed by atoms with Crippen LogP contribution < -0.4 is 16.4 Å². The number of carbonyl (C=O) groups is 4. The van der Waals surface area contributed by atoms with Crippen LogP contribution in [0.5, 0.6) is 0 Å². The highest BCUT2D eigenvalue weighted by Crippen LogP contribution is 2.20. The van der Waals surface area contributed by atoms with Gasteiger partial charge in [0.2, 0.25) is 17.7 Å². The van der Waals surface area contributed by atoms with Crippen LogP contribution in [0, 0.1) is 11.8 Å². The van der Waals surface area contributed by atoms with Crippen LogP contribution in [0.3, 0.4) is 0 Å². The molecule has 0 aromatic heterocycles. The topological polar surface area (TPSA) is 162 Å². The molecular formula is C20H36N4O6. The van der Waals surface area contributed by atoms with Gasteiger partial charge in [-0.15, -0.1) is 0 Å². The second-order valence-corrected chi connectivity index (χ2v) is 8.70. The van der Waals surface area contributed by atoms with E-state index in [1.165, 1.54) is 4.90 Å². The molecule has 0 aromatic carbocycles. The number of carboxylic acids is 1. The van der Waals surface area contributed by atoms with Crippen LogP contribution in [-0.4, -0.2) is 76.1 Å². The van der Waals surface area contributed by atoms with Crippen molar-refractivity contribution in [2.45, 2.75) is 77.5 Å². The van der Waals surface area contributed by atoms with Crippen molar-refractivity contribution in [1.29, 1.82) is 0 Å². The second kappa shape index (κ2) is 11.8. The lowest BCUT2D eigenvalue weighted by Crippen LogP contribution is -2.58. The predicted octanol–water partition coefficient (Wildman–Crippen LogP) is -0.557. The predicted molar refractivity (Wildman–Crippen MR) is 110 cm³/mol. The van der Waals surface area contributed by atoms with Gasteiger partial charge in [-0.25, -0.2) is 4.79 Å². The Balaban J connectivity index is 2.87. The van der Waals surface area contributed by atoms with Crippen molar-refractivity contribution in [3.8, 4) is 0 Å². The van der Waals surface area contributed by atoms with Crippen LogP contribution in [0.4, 0.5) is 0 Å². The van der Waals surface area contributed by atoms with E-state index in [4.69, 9.17) is 5.73 Å². The Hall–Kier alpha value is -2.20. The van der Waals surface area contributed by atoms with Crippen LogP contribution in [0.15, 0.2) is 0 Å². The van der Waals surface area contributed by atoms with Crippen LogP contribution >= 0.6 is 0 Å². The van der Waals surface area contributed by atoms with E-state index in [1.54, 1.807) is 0 Å². The largest absolute Gasteiger partial charge is 0.480 e. The van der Waals surface area contributed by atoms with Gasteiger partial charge in [0.25, 0.3) is 0 Å². The lowest BCUT2D eigenvalue weighted by Gasteiger charge is -2.29. The molecule has 1 fully saturated rings. The number of nitrogens with two attached hydrogens (primary N) is 1. The average Bonchev–Trinajstić information content (AvgIpc) is 3.13. The minimum absolute atomic E-state index is 0.0479. The van der Waals surface area contributed by atoms with Crippen molar-refractivity contribution in [2.24, 2.45) is 17.6 Å². The highest BCUT2D eigenvalue weighted by Gasteiger charge is 2.38. The summed E-state index contributed by atoms with van der Waals surface area (Å²) in [7, 11) is 0. The molecule has 10 nitrogen and oxygen atoms in total. The van der Waals surface area contributed by atoms with Gasteiger partial charge in [0.15, 0.2) is 0 Å². The minimum atomic E-state index is -1.26. The molecule has 30 heavy (non-hydrogen) atoms. The number of likely N-dealkylation sites (tertiary alicyclic amines) is 1. The summed E-state index contributed by atoms with van der Waals surface area (Å²) in [5.74, 6) is -2.59. The lowest BCUT2D eigenvalue weighted by atomic mass is 10.0. The van der Waals surface area contributed by atoms with Gasteiger partial charge in [-0.05, 0) is 37.5 Å². The number of nitrogens with one attached hydrogen (secondary N) is 2. The van der Waals surface area contributed by atoms with Crippen LogP contribution in [0.1, 0.15) is 53.4 Å². The number of hydrogen-bond acceptors (Lipinski definition) is 6. The van der Waals surface area contributed by atoms with Gasteiger partial charge in [0, 0.05) is 6.54 Å². The Labute approximate surface area is 177 Å². The normalized spacial score (nSPS) is 19.5. The number of aliphatic hydroxyl groups is 1. The number of aliphatic hydroxyl groups excluding tert-OH is 1. The fraction of sp³-hybridized carbons (Fsp3) is 0.800. The number of aliphatic carboxylic acids is 1. The van der Waals surface area contributed by atoms with Gasteiger partial charge in [-0.2, -0.15) is 0 Å². The molecule has 1 rings (SSSR count). The zero-order chi connectivity index (χ0) is 23.0. The van der Waals surface area contributed by atoms with E-state index in [2.05, 4.69) is 10.6 Å². The highest BCUT2D eigenvalue weighted by atomic mass is 16.4. The summed E-state index contributed by atoms with van der Waals surface area (Å²) in [4.78, 5) is 50.6. The Morgan fingerprint density at radius 1 is 1.00 bits per heavy atom. The molecule has 1 heterocycles. The third-order valence-electron chi connectivity index (χ3n) is 5.02. The Morgan fingerprint density at radius 3 is 2.07 bits per heavy atom. The smallest absolute Gasteiger partial charge is 0.326 e. The first kappa shape index (κ1) is 25.8. The summed E-state index contributed by atoms with van der Waals surface area (Å²) in [5, 5.41) is 23.9. The monoisotopic (exact) mass is 428 g/mol. The van der Waals surface area contributed by atoms with E-state index in [0.29, 0.717) is 32.2 Å². The second-order valence-electron chi connectivity index (χ2n) is 8.70. The first-order chi connectivity index (χ1) is 14.0. The van der Waals surface area contributed by atoms with Crippen LogP contribution in [0.2, 0.25) is 0 Å². The molecule has 0 aliphatic carbocycles. The zero-order valence-corrected chi connectivity index (χ0v) is 18.3. The minimum Gasteiger partial charge on any atom is -0.480 e. The maximum Gasteiger partial charge on any atom is 0.326 e. The van der Waals surface area contributed by atoms with Crippen molar-refractivity contribution in [1.82, 2.24) is 15.5 Å². The van der Waals surface area contributed by atoms with Gasteiger partial charge in [0.1, 0.15) is 18.1 Å². The molecule has 0 bridgehead atoms. The molecule has 3 amide bonds. The molecule has 10 heteroatoms. The number of rotatable bonds is 11. The third kappa shape index (κ3) is 7.56. The van der Waals surface area contributed by atoms with Gasteiger partial charge in [-0.1, -0.05) is 27.7 Å². The van der Waals surface area contributed by atoms with E-state index in [1.807, 2.05) is 27.7 Å². The number of carboxylic acid groups (broad SMARTS) is 1. The van der Waals surface area contributed by atoms with Gasteiger partial charge < -0.3 is 31.5 Å². The first-order valence-corrected chi connectivity index (χ1v) is 10.5. The number of carbonyl (C=O) groups excluding carboxylic acids is 3.